The lowest BCUT2D eigenvalue weighted by molar-refractivity contribution is -0.113. The molecule has 0 spiro atoms. The number of rotatable bonds is 5. The number of aryl methyl sites for hydroxylation is 3. The topological polar surface area (TPSA) is 101 Å². The Balaban J connectivity index is 1.32. The van der Waals surface area contributed by atoms with Crippen LogP contribution in [0.2, 0.25) is 0 Å². The lowest BCUT2D eigenvalue weighted by Crippen LogP contribution is -2.17. The van der Waals surface area contributed by atoms with Crippen molar-refractivity contribution in [1.29, 1.82) is 0 Å². The van der Waals surface area contributed by atoms with Crippen LogP contribution in [0.3, 0.4) is 0 Å². The van der Waals surface area contributed by atoms with Crippen LogP contribution in [0.4, 0.5) is 5.00 Å². The summed E-state index contributed by atoms with van der Waals surface area (Å²) in [6.45, 7) is 0. The number of H-pyrrole nitrogens is 1. The molecule has 7 nitrogen and oxygen atoms in total. The highest BCUT2D eigenvalue weighted by atomic mass is 32.2. The number of nitrogens with one attached hydrogen (secondary N) is 2. The molecule has 162 valence electrons. The summed E-state index contributed by atoms with van der Waals surface area (Å²) in [5, 5.41) is 4.55. The summed E-state index contributed by atoms with van der Waals surface area (Å²) in [7, 11) is 1.35. The number of aromatic amines is 1. The predicted octanol–water partition coefficient (Wildman–Crippen LogP) is 3.93. The summed E-state index contributed by atoms with van der Waals surface area (Å²) in [6.07, 6.45) is 6.97. The second-order valence-corrected chi connectivity index (χ2v) is 10.8. The number of thioether (sulfide) groups is 1. The lowest BCUT2D eigenvalue weighted by atomic mass is 9.97. The van der Waals surface area contributed by atoms with E-state index in [9.17, 15) is 14.4 Å². The number of amides is 1. The summed E-state index contributed by atoms with van der Waals surface area (Å²) < 4.78 is 4.92. The van der Waals surface area contributed by atoms with Crippen LogP contribution < -0.4 is 10.9 Å². The fourth-order valence-electron chi connectivity index (χ4n) is 4.32. The van der Waals surface area contributed by atoms with Crippen LogP contribution in [0.25, 0.3) is 10.2 Å². The minimum Gasteiger partial charge on any atom is -0.465 e. The van der Waals surface area contributed by atoms with E-state index in [0.717, 1.165) is 65.8 Å². The van der Waals surface area contributed by atoms with Crippen molar-refractivity contribution in [2.45, 2.75) is 50.1 Å². The third-order valence-electron chi connectivity index (χ3n) is 5.71. The van der Waals surface area contributed by atoms with Crippen LogP contribution in [0.15, 0.2) is 9.95 Å². The Hall–Kier alpha value is -2.17. The van der Waals surface area contributed by atoms with Gasteiger partial charge in [-0.1, -0.05) is 11.8 Å². The van der Waals surface area contributed by atoms with Gasteiger partial charge in [-0.15, -0.1) is 22.7 Å². The van der Waals surface area contributed by atoms with Crippen molar-refractivity contribution in [3.8, 4) is 0 Å². The molecule has 10 heteroatoms. The van der Waals surface area contributed by atoms with Crippen molar-refractivity contribution in [3.63, 3.8) is 0 Å². The Bertz CT molecular complexity index is 1260. The van der Waals surface area contributed by atoms with Gasteiger partial charge in [0.05, 0.1) is 23.8 Å². The number of fused-ring (bicyclic) bond motifs is 4. The lowest BCUT2D eigenvalue weighted by Gasteiger charge is -2.09. The van der Waals surface area contributed by atoms with Gasteiger partial charge in [0.1, 0.15) is 9.83 Å². The maximum atomic E-state index is 12.6. The quantitative estimate of drug-likeness (QED) is 0.329. The molecule has 0 saturated carbocycles. The SMILES string of the molecule is COC(=O)c1c(NC(=O)CSc2nc3sc4c(c3c(=O)[nH]2)CCCC4)sc2c1CCC2. The minimum atomic E-state index is -0.416. The number of anilines is 1. The molecule has 0 fully saturated rings. The van der Waals surface area contributed by atoms with Gasteiger partial charge in [0.15, 0.2) is 5.16 Å². The van der Waals surface area contributed by atoms with Crippen LogP contribution >= 0.6 is 34.4 Å². The Morgan fingerprint density at radius 1 is 1.10 bits per heavy atom. The molecule has 31 heavy (non-hydrogen) atoms. The van der Waals surface area contributed by atoms with Gasteiger partial charge >= 0.3 is 5.97 Å². The third kappa shape index (κ3) is 3.81. The molecule has 0 aromatic carbocycles. The van der Waals surface area contributed by atoms with Crippen molar-refractivity contribution in [3.05, 3.63) is 36.8 Å². The van der Waals surface area contributed by atoms with E-state index in [1.54, 1.807) is 11.3 Å². The number of carbonyl (C=O) groups is 2. The van der Waals surface area contributed by atoms with E-state index in [-0.39, 0.29) is 17.2 Å². The van der Waals surface area contributed by atoms with Crippen LogP contribution in [0, 0.1) is 0 Å². The van der Waals surface area contributed by atoms with Crippen molar-refractivity contribution in [2.24, 2.45) is 0 Å². The molecule has 5 rings (SSSR count). The summed E-state index contributed by atoms with van der Waals surface area (Å²) >= 11 is 4.23. The Morgan fingerprint density at radius 3 is 2.68 bits per heavy atom. The van der Waals surface area contributed by atoms with E-state index < -0.39 is 5.97 Å². The smallest absolute Gasteiger partial charge is 0.341 e. The minimum absolute atomic E-state index is 0.0860. The summed E-state index contributed by atoms with van der Waals surface area (Å²) in [4.78, 5) is 48.1. The zero-order valence-corrected chi connectivity index (χ0v) is 19.4. The monoisotopic (exact) mass is 475 g/mol. The van der Waals surface area contributed by atoms with Gasteiger partial charge < -0.3 is 15.0 Å². The normalized spacial score (nSPS) is 15.0. The van der Waals surface area contributed by atoms with Crippen LogP contribution in [-0.2, 0) is 35.2 Å². The van der Waals surface area contributed by atoms with Crippen molar-refractivity contribution >= 4 is 61.5 Å². The molecule has 0 unspecified atom stereocenters. The maximum absolute atomic E-state index is 12.6. The number of hydrogen-bond donors (Lipinski definition) is 2. The van der Waals surface area contributed by atoms with E-state index in [4.69, 9.17) is 4.74 Å². The van der Waals surface area contributed by atoms with Crippen LogP contribution in [0.5, 0.6) is 0 Å². The molecule has 0 bridgehead atoms. The van der Waals surface area contributed by atoms with Gasteiger partial charge in [-0.3, -0.25) is 9.59 Å². The summed E-state index contributed by atoms with van der Waals surface area (Å²) in [5.41, 5.74) is 2.50. The molecule has 2 N–H and O–H groups in total. The summed E-state index contributed by atoms with van der Waals surface area (Å²) in [5.74, 6) is -0.577. The number of esters is 1. The largest absolute Gasteiger partial charge is 0.465 e. The first-order valence-electron chi connectivity index (χ1n) is 10.2. The Labute approximate surface area is 190 Å². The highest BCUT2D eigenvalue weighted by Gasteiger charge is 2.28. The molecule has 2 aliphatic carbocycles. The van der Waals surface area contributed by atoms with Gasteiger partial charge in [-0.2, -0.15) is 0 Å². The van der Waals surface area contributed by atoms with Crippen molar-refractivity contribution < 1.29 is 14.3 Å². The first-order valence-corrected chi connectivity index (χ1v) is 12.9. The molecular formula is C21H21N3O4S3. The Kier molecular flexibility index (Phi) is 5.61. The van der Waals surface area contributed by atoms with Gasteiger partial charge in [0.25, 0.3) is 5.56 Å². The van der Waals surface area contributed by atoms with Gasteiger partial charge in [-0.05, 0) is 56.1 Å². The van der Waals surface area contributed by atoms with Gasteiger partial charge in [0, 0.05) is 9.75 Å². The number of methoxy groups -OCH3 is 1. The number of hydrogen-bond acceptors (Lipinski definition) is 8. The molecule has 0 atom stereocenters. The molecule has 3 aromatic heterocycles. The van der Waals surface area contributed by atoms with Gasteiger partial charge in [0.2, 0.25) is 5.91 Å². The Morgan fingerprint density at radius 2 is 1.84 bits per heavy atom. The maximum Gasteiger partial charge on any atom is 0.341 e. The fraction of sp³-hybridized carbons (Fsp3) is 0.429. The third-order valence-corrected chi connectivity index (χ3v) is 8.97. The van der Waals surface area contributed by atoms with E-state index in [1.165, 1.54) is 35.1 Å². The molecular weight excluding hydrogens is 454 g/mol. The second kappa shape index (κ2) is 8.40. The number of ether oxygens (including phenoxy) is 1. The van der Waals surface area contributed by atoms with E-state index in [0.29, 0.717) is 21.1 Å². The van der Waals surface area contributed by atoms with E-state index in [1.807, 2.05) is 0 Å². The van der Waals surface area contributed by atoms with Crippen molar-refractivity contribution in [1.82, 2.24) is 9.97 Å². The van der Waals surface area contributed by atoms with Crippen LogP contribution in [0.1, 0.15) is 50.5 Å². The first-order chi connectivity index (χ1) is 15.0. The molecule has 1 amide bonds. The molecule has 3 heterocycles. The second-order valence-electron chi connectivity index (χ2n) is 7.65. The van der Waals surface area contributed by atoms with Crippen LogP contribution in [-0.4, -0.2) is 34.7 Å². The molecule has 0 radical (unpaired) electrons. The molecule has 0 saturated heterocycles. The highest BCUT2D eigenvalue weighted by Crippen LogP contribution is 2.39. The average molecular weight is 476 g/mol. The van der Waals surface area contributed by atoms with Gasteiger partial charge in [-0.25, -0.2) is 9.78 Å². The highest BCUT2D eigenvalue weighted by molar-refractivity contribution is 7.99. The zero-order chi connectivity index (χ0) is 21.5. The number of aromatic nitrogens is 2. The number of nitrogens with zero attached hydrogens (tertiary/aromatic N) is 1. The predicted molar refractivity (Wildman–Crippen MR) is 124 cm³/mol. The number of carbonyl (C=O) groups excluding carboxylic acids is 2. The summed E-state index contributed by atoms with van der Waals surface area (Å²) in [6, 6.07) is 0. The molecule has 0 aliphatic heterocycles. The fourth-order valence-corrected chi connectivity index (χ4v) is 7.59. The van der Waals surface area contributed by atoms with E-state index in [2.05, 4.69) is 15.3 Å². The van der Waals surface area contributed by atoms with E-state index >= 15 is 0 Å². The molecule has 2 aliphatic rings. The number of thiophene rings is 2. The average Bonchev–Trinajstić information content (AvgIpc) is 3.44. The molecule has 3 aromatic rings. The standard InChI is InChI=1S/C21H21N3O4S3/c1-28-20(27)16-11-6-4-8-13(11)31-19(16)22-14(25)9-29-21-23-17(26)15-10-5-2-3-7-12(10)30-18(15)24-21/h2-9H2,1H3,(H,22,25)(H,23,24,26). The van der Waals surface area contributed by atoms with Crippen molar-refractivity contribution in [2.75, 3.05) is 18.2 Å². The first kappa shape index (κ1) is 20.7. The zero-order valence-electron chi connectivity index (χ0n) is 17.0.